The van der Waals surface area contributed by atoms with Crippen molar-refractivity contribution in [1.29, 1.82) is 5.26 Å². The number of hydrogen-bond donors (Lipinski definition) is 0. The molecule has 1 aromatic heterocycles. The highest BCUT2D eigenvalue weighted by Gasteiger charge is 2.15. The quantitative estimate of drug-likeness (QED) is 0.492. The van der Waals surface area contributed by atoms with Crippen molar-refractivity contribution in [3.05, 3.63) is 69.5 Å². The molecule has 0 amide bonds. The molecule has 156 valence electrons. The van der Waals surface area contributed by atoms with Crippen LogP contribution in [0.1, 0.15) is 11.1 Å². The highest BCUT2D eigenvalue weighted by atomic mass is 35.5. The Kier molecular flexibility index (Phi) is 7.40. The van der Waals surface area contributed by atoms with Gasteiger partial charge in [0, 0.05) is 32.2 Å². The molecule has 3 aromatic rings. The Bertz CT molecular complexity index is 1090. The van der Waals surface area contributed by atoms with Crippen LogP contribution in [0.5, 0.6) is 0 Å². The Hall–Kier alpha value is -2.50. The first-order valence-corrected chi connectivity index (χ1v) is 10.4. The SMILES string of the molecule is CN(C)CCN(Cc1ccc(C#N)cc1)Cn1nc(-c2ccccc2Cl)n(C)c1=S. The molecule has 0 bridgehead atoms. The summed E-state index contributed by atoms with van der Waals surface area (Å²) in [5.74, 6) is 0.747. The lowest BCUT2D eigenvalue weighted by Gasteiger charge is -2.24. The van der Waals surface area contributed by atoms with Crippen molar-refractivity contribution >= 4 is 23.8 Å². The van der Waals surface area contributed by atoms with Crippen LogP contribution in [0, 0.1) is 16.1 Å². The van der Waals surface area contributed by atoms with Crippen LogP contribution in [0.15, 0.2) is 48.5 Å². The zero-order valence-corrected chi connectivity index (χ0v) is 19.0. The Morgan fingerprint density at radius 2 is 1.80 bits per heavy atom. The van der Waals surface area contributed by atoms with Crippen LogP contribution in [0.25, 0.3) is 11.4 Å². The molecule has 3 rings (SSSR count). The Morgan fingerprint density at radius 1 is 1.10 bits per heavy atom. The molecule has 0 saturated carbocycles. The van der Waals surface area contributed by atoms with Gasteiger partial charge in [-0.2, -0.15) is 10.4 Å². The molecule has 0 spiro atoms. The van der Waals surface area contributed by atoms with Gasteiger partial charge >= 0.3 is 0 Å². The van der Waals surface area contributed by atoms with E-state index in [1.807, 2.05) is 64.8 Å². The van der Waals surface area contributed by atoms with E-state index in [4.69, 9.17) is 34.2 Å². The van der Waals surface area contributed by atoms with Gasteiger partial charge in [0.05, 0.1) is 23.3 Å². The third-order valence-electron chi connectivity index (χ3n) is 4.84. The molecule has 8 heteroatoms. The number of aromatic nitrogens is 3. The number of halogens is 1. The van der Waals surface area contributed by atoms with Gasteiger partial charge in [0.2, 0.25) is 0 Å². The van der Waals surface area contributed by atoms with E-state index >= 15 is 0 Å². The van der Waals surface area contributed by atoms with Gasteiger partial charge in [0.15, 0.2) is 10.6 Å². The number of rotatable bonds is 8. The van der Waals surface area contributed by atoms with Gasteiger partial charge in [-0.25, -0.2) is 4.68 Å². The standard InChI is InChI=1S/C22H25ClN6S/c1-26(2)12-13-28(15-18-10-8-17(14-24)9-11-18)16-29-22(30)27(3)21(25-29)19-6-4-5-7-20(19)23/h4-11H,12-13,15-16H2,1-3H3. The molecule has 0 N–H and O–H groups in total. The second-order valence-corrected chi connectivity index (χ2v) is 8.22. The molecule has 0 aliphatic heterocycles. The maximum atomic E-state index is 9.02. The summed E-state index contributed by atoms with van der Waals surface area (Å²) < 4.78 is 4.37. The third kappa shape index (κ3) is 5.35. The molecule has 0 atom stereocenters. The lowest BCUT2D eigenvalue weighted by molar-refractivity contribution is 0.178. The number of hydrogen-bond acceptors (Lipinski definition) is 5. The minimum atomic E-state index is 0.560. The first-order chi connectivity index (χ1) is 14.4. The Labute approximate surface area is 187 Å². The van der Waals surface area contributed by atoms with Gasteiger partial charge in [-0.3, -0.25) is 4.90 Å². The predicted molar refractivity (Wildman–Crippen MR) is 123 cm³/mol. The van der Waals surface area contributed by atoms with Crippen LogP contribution in [0.2, 0.25) is 5.02 Å². The number of benzene rings is 2. The van der Waals surface area contributed by atoms with Gasteiger partial charge < -0.3 is 9.47 Å². The molecule has 0 aliphatic carbocycles. The fourth-order valence-corrected chi connectivity index (χ4v) is 3.54. The third-order valence-corrected chi connectivity index (χ3v) is 5.66. The normalized spacial score (nSPS) is 11.2. The second kappa shape index (κ2) is 10.0. The van der Waals surface area contributed by atoms with Gasteiger partial charge in [0.25, 0.3) is 0 Å². The highest BCUT2D eigenvalue weighted by Crippen LogP contribution is 2.26. The molecule has 2 aromatic carbocycles. The van der Waals surface area contributed by atoms with E-state index in [0.717, 1.165) is 36.6 Å². The summed E-state index contributed by atoms with van der Waals surface area (Å²) in [6.45, 7) is 3.06. The van der Waals surface area contributed by atoms with Crippen LogP contribution < -0.4 is 0 Å². The number of nitrogens with zero attached hydrogens (tertiary/aromatic N) is 6. The fraction of sp³-hybridized carbons (Fsp3) is 0.318. The van der Waals surface area contributed by atoms with Gasteiger partial charge in [-0.1, -0.05) is 35.9 Å². The summed E-state index contributed by atoms with van der Waals surface area (Å²) in [6.07, 6.45) is 0. The number of nitriles is 1. The summed E-state index contributed by atoms with van der Waals surface area (Å²) >= 11 is 12.0. The smallest absolute Gasteiger partial charge is 0.199 e. The van der Waals surface area contributed by atoms with Crippen molar-refractivity contribution in [3.8, 4) is 17.5 Å². The van der Waals surface area contributed by atoms with Crippen molar-refractivity contribution in [2.75, 3.05) is 27.2 Å². The summed E-state index contributed by atoms with van der Waals surface area (Å²) in [4.78, 5) is 4.44. The minimum absolute atomic E-state index is 0.560. The largest absolute Gasteiger partial charge is 0.308 e. The molecule has 1 heterocycles. The maximum Gasteiger partial charge on any atom is 0.199 e. The van der Waals surface area contributed by atoms with Gasteiger partial charge in [0.1, 0.15) is 0 Å². The Balaban J connectivity index is 1.86. The molecule has 0 saturated heterocycles. The highest BCUT2D eigenvalue weighted by molar-refractivity contribution is 7.71. The molecule has 0 unspecified atom stereocenters. The van der Waals surface area contributed by atoms with Gasteiger partial charge in [-0.15, -0.1) is 0 Å². The fourth-order valence-electron chi connectivity index (χ4n) is 3.13. The van der Waals surface area contributed by atoms with Crippen LogP contribution in [0.3, 0.4) is 0 Å². The zero-order valence-electron chi connectivity index (χ0n) is 17.4. The van der Waals surface area contributed by atoms with Crippen molar-refractivity contribution in [2.45, 2.75) is 13.2 Å². The average Bonchev–Trinajstić information content (AvgIpc) is 3.01. The summed E-state index contributed by atoms with van der Waals surface area (Å²) in [5.41, 5.74) is 2.66. The van der Waals surface area contributed by atoms with Crippen LogP contribution >= 0.6 is 23.8 Å². The van der Waals surface area contributed by atoms with E-state index in [1.165, 1.54) is 0 Å². The molecule has 6 nitrogen and oxygen atoms in total. The van der Waals surface area contributed by atoms with Crippen LogP contribution in [-0.4, -0.2) is 51.3 Å². The minimum Gasteiger partial charge on any atom is -0.308 e. The van der Waals surface area contributed by atoms with Crippen molar-refractivity contribution in [3.63, 3.8) is 0 Å². The van der Waals surface area contributed by atoms with E-state index in [2.05, 4.69) is 30.0 Å². The first kappa shape index (κ1) is 22.2. The van der Waals surface area contributed by atoms with E-state index < -0.39 is 0 Å². The maximum absolute atomic E-state index is 9.02. The molecular weight excluding hydrogens is 416 g/mol. The average molecular weight is 441 g/mol. The van der Waals surface area contributed by atoms with E-state index in [1.54, 1.807) is 0 Å². The zero-order chi connectivity index (χ0) is 21.7. The van der Waals surface area contributed by atoms with E-state index in [9.17, 15) is 0 Å². The van der Waals surface area contributed by atoms with Gasteiger partial charge in [-0.05, 0) is 56.1 Å². The molecule has 0 radical (unpaired) electrons. The summed E-state index contributed by atoms with van der Waals surface area (Å²) in [6, 6.07) is 17.5. The monoisotopic (exact) mass is 440 g/mol. The van der Waals surface area contributed by atoms with Crippen LogP contribution in [-0.2, 0) is 20.3 Å². The lowest BCUT2D eigenvalue weighted by Crippen LogP contribution is -2.33. The summed E-state index contributed by atoms with van der Waals surface area (Å²) in [5, 5.41) is 14.4. The van der Waals surface area contributed by atoms with Crippen molar-refractivity contribution in [2.24, 2.45) is 7.05 Å². The lowest BCUT2D eigenvalue weighted by atomic mass is 10.1. The second-order valence-electron chi connectivity index (χ2n) is 7.45. The predicted octanol–water partition coefficient (Wildman–Crippen LogP) is 4.16. The molecular formula is C22H25ClN6S. The van der Waals surface area contributed by atoms with Crippen molar-refractivity contribution in [1.82, 2.24) is 24.1 Å². The topological polar surface area (TPSA) is 53.0 Å². The molecule has 0 aliphatic rings. The van der Waals surface area contributed by atoms with E-state index in [0.29, 0.717) is 22.0 Å². The van der Waals surface area contributed by atoms with Crippen LogP contribution in [0.4, 0.5) is 0 Å². The molecule has 30 heavy (non-hydrogen) atoms. The summed E-state index contributed by atoms with van der Waals surface area (Å²) in [7, 11) is 6.03. The van der Waals surface area contributed by atoms with E-state index in [-0.39, 0.29) is 0 Å². The first-order valence-electron chi connectivity index (χ1n) is 9.64. The molecule has 0 fully saturated rings. The van der Waals surface area contributed by atoms with Crippen molar-refractivity contribution < 1.29 is 0 Å². The number of likely N-dealkylation sites (N-methyl/N-ethyl adjacent to an activating group) is 1. The Morgan fingerprint density at radius 3 is 2.43 bits per heavy atom.